The highest BCUT2D eigenvalue weighted by Gasteiger charge is 2.01. The summed E-state index contributed by atoms with van der Waals surface area (Å²) in [6, 6.07) is 4.11. The Morgan fingerprint density at radius 1 is 1.56 bits per heavy atom. The van der Waals surface area contributed by atoms with Crippen molar-refractivity contribution in [3.63, 3.8) is 0 Å². The number of benzene rings is 1. The van der Waals surface area contributed by atoms with Crippen LogP contribution >= 0.6 is 24.0 Å². The first-order valence-corrected chi connectivity index (χ1v) is 5.14. The molecule has 0 radical (unpaired) electrons. The number of hydrogen-bond donors (Lipinski definition) is 3. The van der Waals surface area contributed by atoms with Crippen molar-refractivity contribution in [1.82, 2.24) is 5.32 Å². The van der Waals surface area contributed by atoms with Gasteiger partial charge >= 0.3 is 0 Å². The van der Waals surface area contributed by atoms with Gasteiger partial charge in [-0.25, -0.2) is 9.38 Å². The fourth-order valence-electron chi connectivity index (χ4n) is 1.12. The van der Waals surface area contributed by atoms with Gasteiger partial charge in [-0.15, -0.1) is 24.0 Å². The molecule has 0 spiro atoms. The lowest BCUT2D eigenvalue weighted by Crippen LogP contribution is -2.32. The maximum absolute atomic E-state index is 13.0. The number of hydrogen-bond acceptors (Lipinski definition) is 2. The second-order valence-electron chi connectivity index (χ2n) is 3.80. The Kier molecular flexibility index (Phi) is 7.33. The first-order valence-electron chi connectivity index (χ1n) is 5.14. The fourth-order valence-corrected chi connectivity index (χ4v) is 1.12. The minimum Gasteiger partial charge on any atom is -0.505 e. The van der Waals surface area contributed by atoms with Crippen LogP contribution in [-0.2, 0) is 6.54 Å². The number of nitrogens with zero attached hydrogens (tertiary/aromatic N) is 1. The van der Waals surface area contributed by atoms with E-state index in [4.69, 9.17) is 10.8 Å². The minimum atomic E-state index is -0.661. The summed E-state index contributed by atoms with van der Waals surface area (Å²) < 4.78 is 13.0. The maximum Gasteiger partial charge on any atom is 0.189 e. The molecule has 0 unspecified atom stereocenters. The predicted molar refractivity (Wildman–Crippen MR) is 81.6 cm³/mol. The summed E-state index contributed by atoms with van der Waals surface area (Å²) >= 11 is 0. The molecule has 0 aliphatic heterocycles. The van der Waals surface area contributed by atoms with E-state index in [9.17, 15) is 4.39 Å². The Balaban J connectivity index is 0.00000289. The highest BCUT2D eigenvalue weighted by Crippen LogP contribution is 2.16. The van der Waals surface area contributed by atoms with Crippen LogP contribution in [0.15, 0.2) is 35.3 Å². The van der Waals surface area contributed by atoms with E-state index in [0.29, 0.717) is 12.1 Å². The zero-order valence-electron chi connectivity index (χ0n) is 10.1. The highest BCUT2D eigenvalue weighted by molar-refractivity contribution is 14.0. The van der Waals surface area contributed by atoms with Gasteiger partial charge in [0.25, 0.3) is 0 Å². The molecule has 4 N–H and O–H groups in total. The monoisotopic (exact) mass is 365 g/mol. The number of rotatable bonds is 4. The number of aliphatic imine (C=N–C) groups is 1. The number of phenolic OH excluding ortho intramolecular Hbond substituents is 1. The van der Waals surface area contributed by atoms with Crippen molar-refractivity contribution < 1.29 is 9.50 Å². The molecule has 0 aliphatic carbocycles. The van der Waals surface area contributed by atoms with Gasteiger partial charge in [-0.3, -0.25) is 0 Å². The van der Waals surface area contributed by atoms with Crippen LogP contribution in [0.1, 0.15) is 12.5 Å². The van der Waals surface area contributed by atoms with Crippen LogP contribution in [-0.4, -0.2) is 17.6 Å². The molecule has 18 heavy (non-hydrogen) atoms. The van der Waals surface area contributed by atoms with E-state index >= 15 is 0 Å². The fraction of sp³-hybridized carbons (Fsp3) is 0.250. The number of guanidine groups is 1. The average Bonchev–Trinajstić information content (AvgIpc) is 2.28. The molecule has 0 atom stereocenters. The smallest absolute Gasteiger partial charge is 0.189 e. The summed E-state index contributed by atoms with van der Waals surface area (Å²) in [6.07, 6.45) is 0. The van der Waals surface area contributed by atoms with Gasteiger partial charge in [-0.05, 0) is 24.6 Å². The second-order valence-corrected chi connectivity index (χ2v) is 3.80. The topological polar surface area (TPSA) is 70.6 Å². The highest BCUT2D eigenvalue weighted by atomic mass is 127. The molecular weight excluding hydrogens is 348 g/mol. The van der Waals surface area contributed by atoms with Gasteiger partial charge in [0.1, 0.15) is 0 Å². The second kappa shape index (κ2) is 7.91. The summed E-state index contributed by atoms with van der Waals surface area (Å²) in [5, 5.41) is 11.9. The molecule has 0 saturated carbocycles. The largest absolute Gasteiger partial charge is 0.505 e. The third-order valence-corrected chi connectivity index (χ3v) is 2.02. The van der Waals surface area contributed by atoms with E-state index in [-0.39, 0.29) is 42.2 Å². The lowest BCUT2D eigenvalue weighted by atomic mass is 10.2. The van der Waals surface area contributed by atoms with Crippen molar-refractivity contribution in [3.05, 3.63) is 41.7 Å². The normalized spacial score (nSPS) is 10.7. The Hall–Kier alpha value is -1.31. The van der Waals surface area contributed by atoms with E-state index in [1.54, 1.807) is 6.07 Å². The van der Waals surface area contributed by atoms with Crippen LogP contribution in [0.5, 0.6) is 5.75 Å². The van der Waals surface area contributed by atoms with Gasteiger partial charge in [-0.2, -0.15) is 0 Å². The van der Waals surface area contributed by atoms with Crippen LogP contribution in [0.25, 0.3) is 0 Å². The number of halogens is 2. The molecule has 0 saturated heterocycles. The van der Waals surface area contributed by atoms with Gasteiger partial charge < -0.3 is 16.2 Å². The zero-order chi connectivity index (χ0) is 12.8. The lowest BCUT2D eigenvalue weighted by molar-refractivity contribution is 0.432. The molecular formula is C12H17FIN3O. The summed E-state index contributed by atoms with van der Waals surface area (Å²) in [5.41, 5.74) is 7.18. The summed E-state index contributed by atoms with van der Waals surface area (Å²) in [4.78, 5) is 4.03. The molecule has 4 nitrogen and oxygen atoms in total. The van der Waals surface area contributed by atoms with Gasteiger partial charge in [0.05, 0.1) is 6.54 Å². The predicted octanol–water partition coefficient (Wildman–Crippen LogP) is 2.13. The van der Waals surface area contributed by atoms with Crippen molar-refractivity contribution in [2.75, 3.05) is 6.54 Å². The van der Waals surface area contributed by atoms with Crippen LogP contribution in [0, 0.1) is 5.82 Å². The van der Waals surface area contributed by atoms with Crippen molar-refractivity contribution in [2.24, 2.45) is 10.7 Å². The number of phenols is 1. The minimum absolute atomic E-state index is 0. The van der Waals surface area contributed by atoms with E-state index in [1.807, 2.05) is 6.92 Å². The third kappa shape index (κ3) is 5.85. The van der Waals surface area contributed by atoms with Gasteiger partial charge in [0.15, 0.2) is 17.5 Å². The van der Waals surface area contributed by atoms with Crippen molar-refractivity contribution in [1.29, 1.82) is 0 Å². The molecule has 0 fully saturated rings. The number of nitrogens with one attached hydrogen (secondary N) is 1. The van der Waals surface area contributed by atoms with Crippen LogP contribution in [0.2, 0.25) is 0 Å². The molecule has 1 aromatic rings. The average molecular weight is 365 g/mol. The summed E-state index contributed by atoms with van der Waals surface area (Å²) in [5.74, 6) is -0.751. The molecule has 0 aliphatic rings. The van der Waals surface area contributed by atoms with E-state index < -0.39 is 5.82 Å². The number of nitrogens with two attached hydrogens (primary N) is 1. The zero-order valence-corrected chi connectivity index (χ0v) is 12.4. The van der Waals surface area contributed by atoms with Crippen molar-refractivity contribution in [2.45, 2.75) is 13.5 Å². The molecule has 6 heteroatoms. The first-order chi connectivity index (χ1) is 7.99. The van der Waals surface area contributed by atoms with Crippen LogP contribution < -0.4 is 11.1 Å². The Bertz CT molecular complexity index is 449. The first kappa shape index (κ1) is 16.7. The molecule has 0 aromatic heterocycles. The van der Waals surface area contributed by atoms with Crippen molar-refractivity contribution in [3.8, 4) is 5.75 Å². The van der Waals surface area contributed by atoms with E-state index in [2.05, 4.69) is 16.9 Å². The van der Waals surface area contributed by atoms with Crippen LogP contribution in [0.3, 0.4) is 0 Å². The SMILES string of the molecule is C=C(C)CNC(N)=NCc1ccc(O)c(F)c1.I. The third-order valence-electron chi connectivity index (χ3n) is 2.02. The molecule has 1 aromatic carbocycles. The molecule has 100 valence electrons. The Labute approximate surface area is 123 Å². The van der Waals surface area contributed by atoms with E-state index in [1.165, 1.54) is 12.1 Å². The Morgan fingerprint density at radius 3 is 2.78 bits per heavy atom. The Morgan fingerprint density at radius 2 is 2.22 bits per heavy atom. The van der Waals surface area contributed by atoms with Gasteiger partial charge in [0, 0.05) is 6.54 Å². The summed E-state index contributed by atoms with van der Waals surface area (Å²) in [6.45, 7) is 6.40. The lowest BCUT2D eigenvalue weighted by Gasteiger charge is -2.05. The molecule has 0 amide bonds. The summed E-state index contributed by atoms with van der Waals surface area (Å²) in [7, 11) is 0. The molecule has 0 heterocycles. The van der Waals surface area contributed by atoms with Gasteiger partial charge in [0.2, 0.25) is 0 Å². The van der Waals surface area contributed by atoms with Crippen LogP contribution in [0.4, 0.5) is 4.39 Å². The van der Waals surface area contributed by atoms with Crippen molar-refractivity contribution >= 4 is 29.9 Å². The quantitative estimate of drug-likeness (QED) is 0.331. The molecule has 1 rings (SSSR count). The molecule has 0 bridgehead atoms. The van der Waals surface area contributed by atoms with E-state index in [0.717, 1.165) is 5.57 Å². The number of aromatic hydroxyl groups is 1. The standard InChI is InChI=1S/C12H16FN3O.HI/c1-8(2)6-15-12(14)16-7-9-3-4-11(17)10(13)5-9;/h3-5,17H,1,6-7H2,2H3,(H3,14,15,16);1H. The maximum atomic E-state index is 13.0. The van der Waals surface area contributed by atoms with Gasteiger partial charge in [-0.1, -0.05) is 18.2 Å².